The van der Waals surface area contributed by atoms with E-state index < -0.39 is 0 Å². The molecule has 0 saturated carbocycles. The van der Waals surface area contributed by atoms with E-state index in [0.29, 0.717) is 6.04 Å². The number of nitrogens with zero attached hydrogens (tertiary/aromatic N) is 4. The maximum Gasteiger partial charge on any atom is 0.126 e. The third-order valence-corrected chi connectivity index (χ3v) is 4.04. The van der Waals surface area contributed by atoms with Gasteiger partial charge in [0, 0.05) is 36.7 Å². The SMILES string of the molecule is Cc1nc(C2=CC3CCN3C=C2)cc(-c2ccncc2)n1. The van der Waals surface area contributed by atoms with Crippen LogP contribution in [-0.2, 0) is 0 Å². The molecule has 2 aliphatic heterocycles. The first kappa shape index (κ1) is 12.3. The Kier molecular flexibility index (Phi) is 2.81. The molecular weight excluding hydrogens is 260 g/mol. The minimum absolute atomic E-state index is 0.546. The monoisotopic (exact) mass is 276 g/mol. The zero-order valence-electron chi connectivity index (χ0n) is 11.9. The van der Waals surface area contributed by atoms with Gasteiger partial charge in [0.2, 0.25) is 0 Å². The molecule has 2 aromatic heterocycles. The molecule has 0 amide bonds. The number of rotatable bonds is 2. The van der Waals surface area contributed by atoms with Crippen molar-refractivity contribution in [1.82, 2.24) is 19.9 Å². The quantitative estimate of drug-likeness (QED) is 0.846. The Morgan fingerprint density at radius 3 is 2.67 bits per heavy atom. The highest BCUT2D eigenvalue weighted by Crippen LogP contribution is 2.29. The Morgan fingerprint density at radius 1 is 1.14 bits per heavy atom. The number of hydrogen-bond donors (Lipinski definition) is 0. The van der Waals surface area contributed by atoms with Crippen LogP contribution < -0.4 is 0 Å². The summed E-state index contributed by atoms with van der Waals surface area (Å²) in [7, 11) is 0. The van der Waals surface area contributed by atoms with Gasteiger partial charge in [0.1, 0.15) is 5.82 Å². The van der Waals surface area contributed by atoms with Crippen molar-refractivity contribution < 1.29 is 0 Å². The highest BCUT2D eigenvalue weighted by Gasteiger charge is 2.26. The van der Waals surface area contributed by atoms with Crippen molar-refractivity contribution in [3.05, 3.63) is 60.5 Å². The molecule has 2 aliphatic rings. The van der Waals surface area contributed by atoms with Crippen molar-refractivity contribution in [2.75, 3.05) is 6.54 Å². The van der Waals surface area contributed by atoms with Crippen LogP contribution in [0.15, 0.2) is 48.9 Å². The van der Waals surface area contributed by atoms with Crippen molar-refractivity contribution in [2.24, 2.45) is 0 Å². The summed E-state index contributed by atoms with van der Waals surface area (Å²) in [5, 5.41) is 0. The van der Waals surface area contributed by atoms with Crippen LogP contribution in [0.1, 0.15) is 17.9 Å². The van der Waals surface area contributed by atoms with Gasteiger partial charge in [-0.3, -0.25) is 4.98 Å². The van der Waals surface area contributed by atoms with Gasteiger partial charge in [-0.2, -0.15) is 0 Å². The molecule has 0 spiro atoms. The smallest absolute Gasteiger partial charge is 0.126 e. The van der Waals surface area contributed by atoms with Gasteiger partial charge in [-0.25, -0.2) is 9.97 Å². The van der Waals surface area contributed by atoms with E-state index in [4.69, 9.17) is 0 Å². The van der Waals surface area contributed by atoms with E-state index in [2.05, 4.69) is 44.3 Å². The molecule has 1 atom stereocenters. The molecule has 0 radical (unpaired) electrons. The van der Waals surface area contributed by atoms with Gasteiger partial charge in [0.25, 0.3) is 0 Å². The fourth-order valence-electron chi connectivity index (χ4n) is 2.79. The first-order chi connectivity index (χ1) is 10.3. The maximum absolute atomic E-state index is 4.60. The van der Waals surface area contributed by atoms with Gasteiger partial charge < -0.3 is 4.90 Å². The molecule has 4 heteroatoms. The average molecular weight is 276 g/mol. The summed E-state index contributed by atoms with van der Waals surface area (Å²) in [5.41, 5.74) is 4.21. The van der Waals surface area contributed by atoms with Crippen molar-refractivity contribution in [1.29, 1.82) is 0 Å². The summed E-state index contributed by atoms with van der Waals surface area (Å²) < 4.78 is 0. The molecule has 4 rings (SSSR count). The second-order valence-electron chi connectivity index (χ2n) is 5.45. The van der Waals surface area contributed by atoms with E-state index in [-0.39, 0.29) is 0 Å². The van der Waals surface area contributed by atoms with E-state index in [9.17, 15) is 0 Å². The maximum atomic E-state index is 4.60. The lowest BCUT2D eigenvalue weighted by molar-refractivity contribution is 0.195. The lowest BCUT2D eigenvalue weighted by atomic mass is 9.95. The summed E-state index contributed by atoms with van der Waals surface area (Å²) in [6.45, 7) is 3.10. The summed E-state index contributed by atoms with van der Waals surface area (Å²) >= 11 is 0. The van der Waals surface area contributed by atoms with E-state index in [0.717, 1.165) is 29.3 Å². The Hall–Kier alpha value is -2.49. The summed E-state index contributed by atoms with van der Waals surface area (Å²) in [5.74, 6) is 0.796. The number of fused-ring (bicyclic) bond motifs is 1. The first-order valence-electron chi connectivity index (χ1n) is 7.22. The van der Waals surface area contributed by atoms with Crippen LogP contribution in [-0.4, -0.2) is 32.4 Å². The molecule has 4 heterocycles. The zero-order valence-corrected chi connectivity index (χ0v) is 11.9. The summed E-state index contributed by atoms with van der Waals surface area (Å²) in [4.78, 5) is 15.6. The molecule has 104 valence electrons. The van der Waals surface area contributed by atoms with E-state index >= 15 is 0 Å². The minimum Gasteiger partial charge on any atom is -0.371 e. The molecule has 21 heavy (non-hydrogen) atoms. The van der Waals surface area contributed by atoms with Crippen LogP contribution >= 0.6 is 0 Å². The Bertz CT molecular complexity index is 734. The third kappa shape index (κ3) is 2.23. The van der Waals surface area contributed by atoms with Crippen molar-refractivity contribution in [3.63, 3.8) is 0 Å². The van der Waals surface area contributed by atoms with Gasteiger partial charge >= 0.3 is 0 Å². The standard InChI is InChI=1S/C17H16N4/c1-12-19-16(13-2-6-18-7-3-13)11-17(20-12)14-4-8-21-9-5-15(21)10-14/h2-4,6-8,10-11,15H,5,9H2,1H3. The number of allylic oxidation sites excluding steroid dienone is 2. The van der Waals surface area contributed by atoms with Crippen LogP contribution in [0.2, 0.25) is 0 Å². The van der Waals surface area contributed by atoms with E-state index in [1.54, 1.807) is 12.4 Å². The lowest BCUT2D eigenvalue weighted by Gasteiger charge is -2.41. The fourth-order valence-corrected chi connectivity index (χ4v) is 2.79. The molecule has 1 fully saturated rings. The van der Waals surface area contributed by atoms with Gasteiger partial charge in [-0.15, -0.1) is 0 Å². The number of pyridine rings is 1. The summed E-state index contributed by atoms with van der Waals surface area (Å²) in [6.07, 6.45) is 11.4. The highest BCUT2D eigenvalue weighted by molar-refractivity contribution is 5.75. The summed E-state index contributed by atoms with van der Waals surface area (Å²) in [6, 6.07) is 6.56. The van der Waals surface area contributed by atoms with Crippen LogP contribution in [0, 0.1) is 6.92 Å². The molecular formula is C17H16N4. The van der Waals surface area contributed by atoms with Crippen LogP contribution in [0.25, 0.3) is 16.8 Å². The minimum atomic E-state index is 0.546. The fraction of sp³-hybridized carbons (Fsp3) is 0.235. The number of hydrogen-bond acceptors (Lipinski definition) is 4. The molecule has 2 aromatic rings. The molecule has 4 nitrogen and oxygen atoms in total. The topological polar surface area (TPSA) is 41.9 Å². The number of aryl methyl sites for hydroxylation is 1. The van der Waals surface area contributed by atoms with Crippen LogP contribution in [0.5, 0.6) is 0 Å². The lowest BCUT2D eigenvalue weighted by Crippen LogP contribution is -2.43. The molecule has 1 unspecified atom stereocenters. The Labute approximate surface area is 123 Å². The van der Waals surface area contributed by atoms with E-state index in [1.807, 2.05) is 19.1 Å². The Balaban J connectivity index is 1.75. The van der Waals surface area contributed by atoms with Crippen LogP contribution in [0.3, 0.4) is 0 Å². The zero-order chi connectivity index (χ0) is 14.2. The van der Waals surface area contributed by atoms with E-state index in [1.165, 1.54) is 12.0 Å². The van der Waals surface area contributed by atoms with Crippen molar-refractivity contribution >= 4 is 5.57 Å². The molecule has 0 aromatic carbocycles. The molecule has 0 aliphatic carbocycles. The van der Waals surface area contributed by atoms with Crippen LogP contribution in [0.4, 0.5) is 0 Å². The van der Waals surface area contributed by atoms with Crippen molar-refractivity contribution in [3.8, 4) is 11.3 Å². The largest absolute Gasteiger partial charge is 0.371 e. The van der Waals surface area contributed by atoms with Gasteiger partial charge in [-0.1, -0.05) is 6.08 Å². The Morgan fingerprint density at radius 2 is 1.95 bits per heavy atom. The second-order valence-corrected chi connectivity index (χ2v) is 5.45. The first-order valence-corrected chi connectivity index (χ1v) is 7.22. The molecule has 0 N–H and O–H groups in total. The molecule has 0 bridgehead atoms. The molecule has 1 saturated heterocycles. The third-order valence-electron chi connectivity index (χ3n) is 4.04. The van der Waals surface area contributed by atoms with Gasteiger partial charge in [0.05, 0.1) is 11.4 Å². The predicted molar refractivity (Wildman–Crippen MR) is 82.2 cm³/mol. The number of aromatic nitrogens is 3. The van der Waals surface area contributed by atoms with Gasteiger partial charge in [-0.05, 0) is 43.2 Å². The normalized spacial score (nSPS) is 19.8. The highest BCUT2D eigenvalue weighted by atomic mass is 15.2. The van der Waals surface area contributed by atoms with Gasteiger partial charge in [0.15, 0.2) is 0 Å². The van der Waals surface area contributed by atoms with Crippen molar-refractivity contribution in [2.45, 2.75) is 19.4 Å². The second kappa shape index (κ2) is 4.81. The predicted octanol–water partition coefficient (Wildman–Crippen LogP) is 2.83. The average Bonchev–Trinajstić information content (AvgIpc) is 2.49.